The first-order valence-corrected chi connectivity index (χ1v) is 21.0. The van der Waals surface area contributed by atoms with Crippen molar-refractivity contribution in [2.45, 2.75) is 0 Å². The fraction of sp³-hybridized carbons (Fsp3) is 0. The molecule has 3 nitrogen and oxygen atoms in total. The molecule has 0 amide bonds. The van der Waals surface area contributed by atoms with Crippen molar-refractivity contribution < 1.29 is 0 Å². The highest BCUT2D eigenvalue weighted by Crippen LogP contribution is 2.43. The lowest BCUT2D eigenvalue weighted by Crippen LogP contribution is -1.96. The zero-order valence-electron chi connectivity index (χ0n) is 33.2. The summed E-state index contributed by atoms with van der Waals surface area (Å²) in [5.74, 6) is 0. The van der Waals surface area contributed by atoms with E-state index in [0.717, 1.165) is 11.4 Å². The number of nitrogens with zero attached hydrogens (tertiary/aromatic N) is 3. The number of hydrogen-bond donors (Lipinski definition) is 0. The van der Waals surface area contributed by atoms with Gasteiger partial charge in [0.2, 0.25) is 0 Å². The van der Waals surface area contributed by atoms with Crippen LogP contribution in [0.2, 0.25) is 0 Å². The minimum atomic E-state index is 1.15. The molecule has 0 aliphatic rings. The molecule has 61 heavy (non-hydrogen) atoms. The Labute approximate surface area is 352 Å². The van der Waals surface area contributed by atoms with Crippen LogP contribution in [0.25, 0.3) is 116 Å². The molecule has 0 aliphatic carbocycles. The fourth-order valence-corrected chi connectivity index (χ4v) is 10.0. The van der Waals surface area contributed by atoms with Gasteiger partial charge in [-0.15, -0.1) is 0 Å². The Balaban J connectivity index is 1.04. The zero-order chi connectivity index (χ0) is 40.0. The van der Waals surface area contributed by atoms with E-state index in [2.05, 4.69) is 238 Å². The van der Waals surface area contributed by atoms with Gasteiger partial charge in [0, 0.05) is 49.1 Å². The van der Waals surface area contributed by atoms with Gasteiger partial charge in [0.15, 0.2) is 0 Å². The molecule has 10 aromatic carbocycles. The summed E-state index contributed by atoms with van der Waals surface area (Å²) in [4.78, 5) is 0. The van der Waals surface area contributed by atoms with Crippen LogP contribution in [0.5, 0.6) is 0 Å². The minimum Gasteiger partial charge on any atom is -0.309 e. The van der Waals surface area contributed by atoms with Crippen LogP contribution in [0.4, 0.5) is 0 Å². The normalized spacial score (nSPS) is 11.9. The Bertz CT molecular complexity index is 3840. The first-order chi connectivity index (χ1) is 30.3. The van der Waals surface area contributed by atoms with E-state index in [0.29, 0.717) is 0 Å². The molecule has 0 N–H and O–H groups in total. The third-order valence-electron chi connectivity index (χ3n) is 12.8. The summed E-state index contributed by atoms with van der Waals surface area (Å²) in [7, 11) is 0. The second kappa shape index (κ2) is 13.2. The summed E-state index contributed by atoms with van der Waals surface area (Å²) in [6.07, 6.45) is 0. The van der Waals surface area contributed by atoms with Crippen LogP contribution >= 0.6 is 0 Å². The van der Waals surface area contributed by atoms with Gasteiger partial charge in [0.1, 0.15) is 0 Å². The summed E-state index contributed by atoms with van der Waals surface area (Å²) in [5.41, 5.74) is 15.5. The molecule has 0 atom stereocenters. The zero-order valence-corrected chi connectivity index (χ0v) is 33.2. The van der Waals surface area contributed by atoms with Crippen molar-refractivity contribution in [3.05, 3.63) is 224 Å². The average Bonchev–Trinajstić information content (AvgIpc) is 3.96. The van der Waals surface area contributed by atoms with E-state index >= 15 is 0 Å². The van der Waals surface area contributed by atoms with Crippen molar-refractivity contribution >= 4 is 76.2 Å². The van der Waals surface area contributed by atoms with Gasteiger partial charge in [-0.1, -0.05) is 146 Å². The van der Waals surface area contributed by atoms with Crippen molar-refractivity contribution in [3.63, 3.8) is 0 Å². The van der Waals surface area contributed by atoms with E-state index in [1.54, 1.807) is 0 Å². The van der Waals surface area contributed by atoms with Crippen LogP contribution in [0, 0.1) is 0 Å². The largest absolute Gasteiger partial charge is 0.309 e. The monoisotopic (exact) mass is 775 g/mol. The molecule has 3 aromatic heterocycles. The van der Waals surface area contributed by atoms with Crippen molar-refractivity contribution in [1.82, 2.24) is 13.7 Å². The highest BCUT2D eigenvalue weighted by molar-refractivity contribution is 6.20. The molecule has 0 saturated heterocycles. The minimum absolute atomic E-state index is 1.15. The van der Waals surface area contributed by atoms with Crippen LogP contribution in [0.1, 0.15) is 0 Å². The molecule has 0 radical (unpaired) electrons. The third kappa shape index (κ3) is 5.11. The predicted octanol–water partition coefficient (Wildman–Crippen LogP) is 15.5. The summed E-state index contributed by atoms with van der Waals surface area (Å²) >= 11 is 0. The van der Waals surface area contributed by atoms with Crippen LogP contribution in [-0.2, 0) is 0 Å². The molecule has 0 spiro atoms. The Kier molecular flexibility index (Phi) is 7.31. The van der Waals surface area contributed by atoms with Crippen molar-refractivity contribution in [3.8, 4) is 39.3 Å². The molecule has 13 rings (SSSR count). The van der Waals surface area contributed by atoms with Crippen LogP contribution in [-0.4, -0.2) is 13.7 Å². The Morgan fingerprint density at radius 3 is 1.36 bits per heavy atom. The number of rotatable bonds is 5. The summed E-state index contributed by atoms with van der Waals surface area (Å²) in [5, 5.41) is 9.93. The van der Waals surface area contributed by atoms with Gasteiger partial charge in [0.05, 0.1) is 38.8 Å². The van der Waals surface area contributed by atoms with Crippen LogP contribution < -0.4 is 0 Å². The first kappa shape index (κ1) is 33.8. The second-order valence-electron chi connectivity index (χ2n) is 16.1. The van der Waals surface area contributed by atoms with Gasteiger partial charge < -0.3 is 13.7 Å². The lowest BCUT2D eigenvalue weighted by molar-refractivity contribution is 1.17. The molecule has 0 saturated carbocycles. The number of hydrogen-bond acceptors (Lipinski definition) is 0. The summed E-state index contributed by atoms with van der Waals surface area (Å²) in [6.45, 7) is 0. The summed E-state index contributed by atoms with van der Waals surface area (Å²) in [6, 6.07) is 82.3. The van der Waals surface area contributed by atoms with Gasteiger partial charge in [-0.25, -0.2) is 0 Å². The van der Waals surface area contributed by atoms with E-state index in [1.807, 2.05) is 0 Å². The van der Waals surface area contributed by atoms with E-state index in [9.17, 15) is 0 Å². The fourth-order valence-electron chi connectivity index (χ4n) is 10.0. The van der Waals surface area contributed by atoms with Crippen molar-refractivity contribution in [2.24, 2.45) is 0 Å². The molecule has 0 fully saturated rings. The van der Waals surface area contributed by atoms with Crippen LogP contribution in [0.3, 0.4) is 0 Å². The SMILES string of the molecule is c1ccc(-c2ccc(-n3c4ccccc4c4cc(-c5ccc6c(c5)c5cc7c8ccccc8n(-c8ccccc8)c7cc5n6-c5cccc6ccccc56)ccc43)cc2)cc1. The summed E-state index contributed by atoms with van der Waals surface area (Å²) < 4.78 is 7.31. The molecular formula is C58H37N3. The number of fused-ring (bicyclic) bond motifs is 10. The standard InChI is InChI=1S/C58H37N3/c1-3-14-38(15-4-1)39-26-30-44(31-27-39)59-53-23-11-9-21-46(53)48-34-41(28-32-55(48)59)42-29-33-56-49(35-42)51-36-50-47-22-10-12-24-54(47)60(43-18-5-2-6-19-43)57(50)37-58(51)61(56)52-25-13-17-40-16-7-8-20-45(40)52/h1-37H. The first-order valence-electron chi connectivity index (χ1n) is 21.0. The smallest absolute Gasteiger partial charge is 0.0562 e. The van der Waals surface area contributed by atoms with E-state index < -0.39 is 0 Å². The number of para-hydroxylation sites is 3. The Morgan fingerprint density at radius 1 is 0.213 bits per heavy atom. The molecule has 3 heteroatoms. The molecule has 284 valence electrons. The molecule has 0 bridgehead atoms. The van der Waals surface area contributed by atoms with E-state index in [1.165, 1.54) is 104 Å². The molecule has 0 unspecified atom stereocenters. The molecule has 13 aromatic rings. The quantitative estimate of drug-likeness (QED) is 0.165. The van der Waals surface area contributed by atoms with E-state index in [4.69, 9.17) is 0 Å². The second-order valence-corrected chi connectivity index (χ2v) is 16.1. The Morgan fingerprint density at radius 2 is 0.656 bits per heavy atom. The van der Waals surface area contributed by atoms with Gasteiger partial charge in [-0.2, -0.15) is 0 Å². The van der Waals surface area contributed by atoms with Gasteiger partial charge in [-0.05, 0) is 107 Å². The Hall–Kier alpha value is -8.14. The number of benzene rings is 10. The van der Waals surface area contributed by atoms with Crippen LogP contribution in [0.15, 0.2) is 224 Å². The third-order valence-corrected chi connectivity index (χ3v) is 12.8. The van der Waals surface area contributed by atoms with Gasteiger partial charge >= 0.3 is 0 Å². The lowest BCUT2D eigenvalue weighted by atomic mass is 10.00. The van der Waals surface area contributed by atoms with Crippen molar-refractivity contribution in [1.29, 1.82) is 0 Å². The van der Waals surface area contributed by atoms with Gasteiger partial charge in [-0.3, -0.25) is 0 Å². The molecule has 3 heterocycles. The average molecular weight is 776 g/mol. The highest BCUT2D eigenvalue weighted by Gasteiger charge is 2.21. The molecular weight excluding hydrogens is 739 g/mol. The number of aromatic nitrogens is 3. The maximum Gasteiger partial charge on any atom is 0.0562 e. The topological polar surface area (TPSA) is 14.8 Å². The predicted molar refractivity (Wildman–Crippen MR) is 258 cm³/mol. The van der Waals surface area contributed by atoms with Gasteiger partial charge in [0.25, 0.3) is 0 Å². The molecule has 0 aliphatic heterocycles. The lowest BCUT2D eigenvalue weighted by Gasteiger charge is -2.13. The maximum atomic E-state index is 2.49. The van der Waals surface area contributed by atoms with Crippen molar-refractivity contribution in [2.75, 3.05) is 0 Å². The maximum absolute atomic E-state index is 2.49. The highest BCUT2D eigenvalue weighted by atomic mass is 15.0. The van der Waals surface area contributed by atoms with E-state index in [-0.39, 0.29) is 0 Å².